The Morgan fingerprint density at radius 2 is 0.831 bits per heavy atom. The highest BCUT2D eigenvalue weighted by atomic mass is 15.2. The molecule has 3 aromatic heterocycles. The fourth-order valence-electron chi connectivity index (χ4n) is 12.1. The van der Waals surface area contributed by atoms with E-state index in [4.69, 9.17) is 15.0 Å². The van der Waals surface area contributed by atoms with Gasteiger partial charge in [0.2, 0.25) is 5.95 Å². The largest absolute Gasteiger partial charge is 0.309 e. The molecule has 332 valence electrons. The molecule has 14 aromatic rings. The Bertz CT molecular complexity index is 4500. The van der Waals surface area contributed by atoms with Gasteiger partial charge in [-0.15, -0.1) is 0 Å². The van der Waals surface area contributed by atoms with E-state index < -0.39 is 0 Å². The number of aromatic nitrogens is 5. The lowest BCUT2D eigenvalue weighted by molar-refractivity contribution is 0.660. The number of fused-ring (bicyclic) bond motifs is 15. The number of para-hydroxylation sites is 2. The molecule has 0 radical (unpaired) electrons. The molecule has 0 spiro atoms. The van der Waals surface area contributed by atoms with E-state index in [9.17, 15) is 0 Å². The number of hydrogen-bond acceptors (Lipinski definition) is 3. The van der Waals surface area contributed by atoms with Crippen molar-refractivity contribution in [1.82, 2.24) is 24.1 Å². The first-order valence-electron chi connectivity index (χ1n) is 24.4. The van der Waals surface area contributed by atoms with Gasteiger partial charge in [-0.3, -0.25) is 4.57 Å². The van der Waals surface area contributed by atoms with E-state index in [1.54, 1.807) is 0 Å². The topological polar surface area (TPSA) is 48.5 Å². The lowest BCUT2D eigenvalue weighted by Crippen LogP contribution is -2.14. The van der Waals surface area contributed by atoms with E-state index in [1.165, 1.54) is 76.5 Å². The molecule has 0 N–H and O–H groups in total. The minimum absolute atomic E-state index is 0.168. The highest BCUT2D eigenvalue weighted by Gasteiger charge is 2.37. The smallest absolute Gasteiger partial charge is 0.238 e. The first-order chi connectivity index (χ1) is 35.0. The summed E-state index contributed by atoms with van der Waals surface area (Å²) >= 11 is 0. The zero-order valence-corrected chi connectivity index (χ0v) is 39.1. The standard InChI is InChI=1S/C66H43N5/c1-66(2)56-27-13-10-25-51(56)62-52(26-16-28-57(62)66)64-67-63(41-17-4-3-5-18-41)68-65(69-64)71-59-30-15-12-24-50(59)55-38-54-49-23-11-14-29-58(49)70(60(54)39-61(55)71)43-34-31-40(32-35-43)42-33-36-48-46-21-7-6-19-44(46)45-20-8-9-22-47(45)53(48)37-42/h3-39H,1-2H3. The van der Waals surface area contributed by atoms with Crippen LogP contribution in [0.5, 0.6) is 0 Å². The van der Waals surface area contributed by atoms with Crippen LogP contribution in [0.15, 0.2) is 224 Å². The van der Waals surface area contributed by atoms with Crippen molar-refractivity contribution in [2.75, 3.05) is 0 Å². The molecular formula is C66H43N5. The third kappa shape index (κ3) is 5.78. The summed E-state index contributed by atoms with van der Waals surface area (Å²) in [6, 6.07) is 81.4. The van der Waals surface area contributed by atoms with Crippen molar-refractivity contribution in [3.05, 3.63) is 236 Å². The molecule has 0 saturated carbocycles. The predicted molar refractivity (Wildman–Crippen MR) is 295 cm³/mol. The summed E-state index contributed by atoms with van der Waals surface area (Å²) in [5.41, 5.74) is 14.5. The van der Waals surface area contributed by atoms with Gasteiger partial charge in [0.15, 0.2) is 11.6 Å². The summed E-state index contributed by atoms with van der Waals surface area (Å²) in [5.74, 6) is 1.85. The van der Waals surface area contributed by atoms with Crippen LogP contribution in [-0.4, -0.2) is 24.1 Å². The Hall–Kier alpha value is -9.19. The third-order valence-corrected chi connectivity index (χ3v) is 15.4. The van der Waals surface area contributed by atoms with Crippen LogP contribution in [0, 0.1) is 0 Å². The Morgan fingerprint density at radius 3 is 1.54 bits per heavy atom. The molecular weight excluding hydrogens is 863 g/mol. The number of nitrogens with zero attached hydrogens (tertiary/aromatic N) is 5. The molecule has 5 heteroatoms. The van der Waals surface area contributed by atoms with E-state index in [0.717, 1.165) is 49.7 Å². The fraction of sp³-hybridized carbons (Fsp3) is 0.0455. The molecule has 0 atom stereocenters. The number of benzene rings is 11. The Morgan fingerprint density at radius 1 is 0.310 bits per heavy atom. The molecule has 15 rings (SSSR count). The summed E-state index contributed by atoms with van der Waals surface area (Å²) in [6.07, 6.45) is 0. The van der Waals surface area contributed by atoms with Gasteiger partial charge < -0.3 is 4.57 Å². The fourth-order valence-corrected chi connectivity index (χ4v) is 12.1. The number of rotatable bonds is 5. The molecule has 71 heavy (non-hydrogen) atoms. The van der Waals surface area contributed by atoms with Crippen LogP contribution in [-0.2, 0) is 5.41 Å². The van der Waals surface area contributed by atoms with Crippen molar-refractivity contribution < 1.29 is 0 Å². The van der Waals surface area contributed by atoms with Crippen LogP contribution >= 0.6 is 0 Å². The highest BCUT2D eigenvalue weighted by Crippen LogP contribution is 2.52. The van der Waals surface area contributed by atoms with E-state index in [2.05, 4.69) is 229 Å². The van der Waals surface area contributed by atoms with Crippen molar-refractivity contribution in [1.29, 1.82) is 0 Å². The lowest BCUT2D eigenvalue weighted by atomic mass is 9.82. The van der Waals surface area contributed by atoms with E-state index in [-0.39, 0.29) is 5.41 Å². The Balaban J connectivity index is 0.935. The van der Waals surface area contributed by atoms with Crippen molar-refractivity contribution in [2.45, 2.75) is 19.3 Å². The van der Waals surface area contributed by atoms with Gasteiger partial charge in [-0.1, -0.05) is 196 Å². The van der Waals surface area contributed by atoms with Gasteiger partial charge in [-0.2, -0.15) is 9.97 Å². The maximum Gasteiger partial charge on any atom is 0.238 e. The molecule has 0 amide bonds. The molecule has 11 aromatic carbocycles. The van der Waals surface area contributed by atoms with Crippen molar-refractivity contribution >= 4 is 75.9 Å². The SMILES string of the molecule is CC1(C)c2ccccc2-c2c(-c3nc(-c4ccccc4)nc(-n4c5ccccc5c5cc6c7ccccc7n(-c7ccc(-c8ccc9c%10ccccc%10c%10ccccc%10c9c8)cc7)c6cc54)n3)cccc21. The zero-order valence-electron chi connectivity index (χ0n) is 39.1. The van der Waals surface area contributed by atoms with Crippen LogP contribution in [0.3, 0.4) is 0 Å². The van der Waals surface area contributed by atoms with E-state index >= 15 is 0 Å². The van der Waals surface area contributed by atoms with Gasteiger partial charge in [-0.05, 0) is 108 Å². The maximum absolute atomic E-state index is 5.50. The molecule has 0 aliphatic heterocycles. The zero-order chi connectivity index (χ0) is 47.0. The minimum Gasteiger partial charge on any atom is -0.309 e. The van der Waals surface area contributed by atoms with Crippen LogP contribution in [0.25, 0.3) is 133 Å². The lowest BCUT2D eigenvalue weighted by Gasteiger charge is -2.21. The summed E-state index contributed by atoms with van der Waals surface area (Å²) < 4.78 is 4.66. The summed E-state index contributed by atoms with van der Waals surface area (Å²) in [4.78, 5) is 16.2. The van der Waals surface area contributed by atoms with Crippen LogP contribution in [0.4, 0.5) is 0 Å². The van der Waals surface area contributed by atoms with Crippen molar-refractivity contribution in [3.63, 3.8) is 0 Å². The average Bonchev–Trinajstić information content (AvgIpc) is 4.02. The second-order valence-electron chi connectivity index (χ2n) is 19.5. The molecule has 3 heterocycles. The van der Waals surface area contributed by atoms with Gasteiger partial charge in [0.05, 0.1) is 22.1 Å². The summed E-state index contributed by atoms with van der Waals surface area (Å²) in [5, 5.41) is 12.3. The normalized spacial score (nSPS) is 13.0. The Kier molecular flexibility index (Phi) is 8.35. The summed E-state index contributed by atoms with van der Waals surface area (Å²) in [6.45, 7) is 4.63. The van der Waals surface area contributed by atoms with Crippen molar-refractivity contribution in [3.8, 4) is 56.7 Å². The van der Waals surface area contributed by atoms with Gasteiger partial charge in [0.25, 0.3) is 0 Å². The van der Waals surface area contributed by atoms with Gasteiger partial charge >= 0.3 is 0 Å². The maximum atomic E-state index is 5.50. The summed E-state index contributed by atoms with van der Waals surface area (Å²) in [7, 11) is 0. The van der Waals surface area contributed by atoms with E-state index in [0.29, 0.717) is 17.6 Å². The van der Waals surface area contributed by atoms with Gasteiger partial charge in [0.1, 0.15) is 0 Å². The van der Waals surface area contributed by atoms with Gasteiger partial charge in [0, 0.05) is 43.8 Å². The van der Waals surface area contributed by atoms with Gasteiger partial charge in [-0.25, -0.2) is 4.98 Å². The van der Waals surface area contributed by atoms with E-state index in [1.807, 2.05) is 18.2 Å². The molecule has 5 nitrogen and oxygen atoms in total. The highest BCUT2D eigenvalue weighted by molar-refractivity contribution is 6.26. The second-order valence-corrected chi connectivity index (χ2v) is 19.5. The quantitative estimate of drug-likeness (QED) is 0.162. The second kappa shape index (κ2) is 14.9. The molecule has 0 fully saturated rings. The first kappa shape index (κ1) is 39.8. The molecule has 0 saturated heterocycles. The first-order valence-corrected chi connectivity index (χ1v) is 24.4. The number of hydrogen-bond donors (Lipinski definition) is 0. The Labute approximate surface area is 409 Å². The molecule has 0 bridgehead atoms. The van der Waals surface area contributed by atoms with Crippen molar-refractivity contribution in [2.24, 2.45) is 0 Å². The van der Waals surface area contributed by atoms with Crippen LogP contribution in [0.2, 0.25) is 0 Å². The monoisotopic (exact) mass is 905 g/mol. The van der Waals surface area contributed by atoms with Crippen LogP contribution in [0.1, 0.15) is 25.0 Å². The minimum atomic E-state index is -0.168. The molecule has 1 aliphatic rings. The predicted octanol–water partition coefficient (Wildman–Crippen LogP) is 16.8. The average molecular weight is 906 g/mol. The molecule has 1 aliphatic carbocycles. The third-order valence-electron chi connectivity index (χ3n) is 15.4. The van der Waals surface area contributed by atoms with Crippen LogP contribution < -0.4 is 0 Å². The molecule has 0 unspecified atom stereocenters.